The number of rotatable bonds is 8. The minimum absolute atomic E-state index is 0.175. The number of nitriles is 1. The number of carbonyl (C=O) groups is 1. The van der Waals surface area contributed by atoms with Gasteiger partial charge in [-0.1, -0.05) is 44.7 Å². The maximum Gasteiger partial charge on any atom is 0.319 e. The molecule has 1 aromatic rings. The van der Waals surface area contributed by atoms with E-state index in [-0.39, 0.29) is 12.1 Å². The number of urea groups is 1. The molecule has 0 saturated carbocycles. The molecule has 0 radical (unpaired) electrons. The summed E-state index contributed by atoms with van der Waals surface area (Å²) in [6.45, 7) is 4.22. The molecule has 0 aliphatic carbocycles. The molecule has 21 heavy (non-hydrogen) atoms. The molecule has 0 bridgehead atoms. The molecule has 2 amide bonds. The largest absolute Gasteiger partial charge is 0.335 e. The quantitative estimate of drug-likeness (QED) is 0.703. The van der Waals surface area contributed by atoms with E-state index in [9.17, 15) is 4.79 Å². The number of amides is 2. The summed E-state index contributed by atoms with van der Waals surface area (Å²) in [6.07, 6.45) is 6.26. The normalized spacial score (nSPS) is 11.5. The van der Waals surface area contributed by atoms with Gasteiger partial charge in [-0.3, -0.25) is 0 Å². The highest BCUT2D eigenvalue weighted by Gasteiger charge is 2.07. The number of nitrogens with zero attached hydrogens (tertiary/aromatic N) is 1. The van der Waals surface area contributed by atoms with E-state index in [1.807, 2.05) is 31.2 Å². The highest BCUT2D eigenvalue weighted by atomic mass is 16.2. The van der Waals surface area contributed by atoms with Gasteiger partial charge in [-0.25, -0.2) is 4.79 Å². The smallest absolute Gasteiger partial charge is 0.319 e. The van der Waals surface area contributed by atoms with Crippen LogP contribution in [0.15, 0.2) is 24.3 Å². The molecule has 1 atom stereocenters. The van der Waals surface area contributed by atoms with E-state index in [0.717, 1.165) is 24.1 Å². The van der Waals surface area contributed by atoms with Crippen molar-refractivity contribution in [3.05, 3.63) is 29.8 Å². The fraction of sp³-hybridized carbons (Fsp3) is 0.529. The van der Waals surface area contributed by atoms with E-state index in [4.69, 9.17) is 5.26 Å². The molecule has 1 rings (SSSR count). The van der Waals surface area contributed by atoms with Crippen LogP contribution in [0.1, 0.15) is 51.5 Å². The van der Waals surface area contributed by atoms with Crippen LogP contribution in [0, 0.1) is 11.3 Å². The molecule has 2 N–H and O–H groups in total. The lowest BCUT2D eigenvalue weighted by molar-refractivity contribution is 0.248. The van der Waals surface area contributed by atoms with Crippen molar-refractivity contribution in [3.63, 3.8) is 0 Å². The molecule has 0 fully saturated rings. The molecule has 0 aromatic heterocycles. The van der Waals surface area contributed by atoms with E-state index < -0.39 is 0 Å². The molecule has 0 aliphatic rings. The third-order valence-electron chi connectivity index (χ3n) is 3.36. The van der Waals surface area contributed by atoms with Crippen LogP contribution in [0.5, 0.6) is 0 Å². The van der Waals surface area contributed by atoms with Crippen molar-refractivity contribution in [2.75, 3.05) is 5.32 Å². The van der Waals surface area contributed by atoms with Gasteiger partial charge in [-0.15, -0.1) is 0 Å². The molecule has 0 heterocycles. The summed E-state index contributed by atoms with van der Waals surface area (Å²) < 4.78 is 0. The average molecular weight is 287 g/mol. The second-order valence-electron chi connectivity index (χ2n) is 5.38. The number of carbonyl (C=O) groups excluding carboxylic acids is 1. The van der Waals surface area contributed by atoms with E-state index in [1.54, 1.807) is 0 Å². The number of unbranched alkanes of at least 4 members (excludes halogenated alkanes) is 3. The van der Waals surface area contributed by atoms with Gasteiger partial charge in [0.25, 0.3) is 0 Å². The van der Waals surface area contributed by atoms with Gasteiger partial charge in [-0.2, -0.15) is 5.26 Å². The first-order valence-electron chi connectivity index (χ1n) is 7.69. The fourth-order valence-electron chi connectivity index (χ4n) is 2.14. The minimum Gasteiger partial charge on any atom is -0.335 e. The topological polar surface area (TPSA) is 64.9 Å². The van der Waals surface area contributed by atoms with Crippen molar-refractivity contribution < 1.29 is 4.79 Å². The first kappa shape index (κ1) is 17.0. The maximum absolute atomic E-state index is 11.8. The summed E-state index contributed by atoms with van der Waals surface area (Å²) >= 11 is 0. The number of benzene rings is 1. The Morgan fingerprint density at radius 3 is 2.57 bits per heavy atom. The summed E-state index contributed by atoms with van der Waals surface area (Å²) in [5.41, 5.74) is 1.69. The van der Waals surface area contributed by atoms with Gasteiger partial charge in [0, 0.05) is 11.7 Å². The Labute approximate surface area is 127 Å². The van der Waals surface area contributed by atoms with Crippen molar-refractivity contribution in [1.82, 2.24) is 5.32 Å². The zero-order valence-corrected chi connectivity index (χ0v) is 13.0. The van der Waals surface area contributed by atoms with Crippen LogP contribution in [-0.4, -0.2) is 12.1 Å². The lowest BCUT2D eigenvalue weighted by atomic mass is 10.1. The Hall–Kier alpha value is -2.02. The predicted molar refractivity (Wildman–Crippen MR) is 86.1 cm³/mol. The average Bonchev–Trinajstić information content (AvgIpc) is 2.46. The lowest BCUT2D eigenvalue weighted by Gasteiger charge is -2.14. The van der Waals surface area contributed by atoms with Crippen LogP contribution >= 0.6 is 0 Å². The number of nitrogens with one attached hydrogen (secondary N) is 2. The Bertz CT molecular complexity index is 462. The molecule has 0 spiro atoms. The van der Waals surface area contributed by atoms with Gasteiger partial charge in [0.1, 0.15) is 0 Å². The molecular formula is C17H25N3O. The Balaban J connectivity index is 2.30. The monoisotopic (exact) mass is 287 g/mol. The van der Waals surface area contributed by atoms with Gasteiger partial charge < -0.3 is 10.6 Å². The third-order valence-corrected chi connectivity index (χ3v) is 3.36. The van der Waals surface area contributed by atoms with Crippen LogP contribution in [0.2, 0.25) is 0 Å². The van der Waals surface area contributed by atoms with E-state index in [2.05, 4.69) is 23.6 Å². The molecular weight excluding hydrogens is 262 g/mol. The van der Waals surface area contributed by atoms with E-state index in [1.165, 1.54) is 19.3 Å². The zero-order chi connectivity index (χ0) is 15.5. The highest BCUT2D eigenvalue weighted by molar-refractivity contribution is 5.89. The third kappa shape index (κ3) is 7.36. The van der Waals surface area contributed by atoms with Crippen molar-refractivity contribution in [1.29, 1.82) is 5.26 Å². The van der Waals surface area contributed by atoms with Crippen LogP contribution < -0.4 is 10.6 Å². The Morgan fingerprint density at radius 2 is 1.95 bits per heavy atom. The molecule has 1 unspecified atom stereocenters. The first-order valence-corrected chi connectivity index (χ1v) is 7.69. The van der Waals surface area contributed by atoms with Gasteiger partial charge >= 0.3 is 6.03 Å². The minimum atomic E-state index is -0.175. The number of hydrogen-bond donors (Lipinski definition) is 2. The van der Waals surface area contributed by atoms with Crippen molar-refractivity contribution in [2.45, 2.75) is 58.4 Å². The van der Waals surface area contributed by atoms with Gasteiger partial charge in [0.15, 0.2) is 0 Å². The second-order valence-corrected chi connectivity index (χ2v) is 5.38. The lowest BCUT2D eigenvalue weighted by Crippen LogP contribution is -2.36. The first-order chi connectivity index (χ1) is 10.2. The van der Waals surface area contributed by atoms with E-state index in [0.29, 0.717) is 6.42 Å². The maximum atomic E-state index is 11.8. The van der Waals surface area contributed by atoms with Crippen LogP contribution in [0.25, 0.3) is 0 Å². The summed E-state index contributed by atoms with van der Waals surface area (Å²) in [5, 5.41) is 14.4. The molecule has 4 nitrogen and oxygen atoms in total. The van der Waals surface area contributed by atoms with Gasteiger partial charge in [0.05, 0.1) is 12.5 Å². The molecule has 1 aromatic carbocycles. The molecule has 114 valence electrons. The van der Waals surface area contributed by atoms with E-state index >= 15 is 0 Å². The van der Waals surface area contributed by atoms with Crippen molar-refractivity contribution in [3.8, 4) is 6.07 Å². The summed E-state index contributed by atoms with van der Waals surface area (Å²) in [6, 6.07) is 9.45. The van der Waals surface area contributed by atoms with Gasteiger partial charge in [-0.05, 0) is 31.0 Å². The Kier molecular flexibility index (Phi) is 7.96. The molecule has 0 saturated heterocycles. The number of anilines is 1. The number of hydrogen-bond acceptors (Lipinski definition) is 2. The van der Waals surface area contributed by atoms with Crippen LogP contribution in [0.3, 0.4) is 0 Å². The zero-order valence-electron chi connectivity index (χ0n) is 13.0. The van der Waals surface area contributed by atoms with Crippen LogP contribution in [0.4, 0.5) is 10.5 Å². The predicted octanol–water partition coefficient (Wildman–Crippen LogP) is 4.23. The summed E-state index contributed by atoms with van der Waals surface area (Å²) in [4.78, 5) is 11.8. The summed E-state index contributed by atoms with van der Waals surface area (Å²) in [7, 11) is 0. The SMILES string of the molecule is CCCCCCC(C)NC(=O)Nc1ccc(CC#N)cc1. The van der Waals surface area contributed by atoms with Gasteiger partial charge in [0.2, 0.25) is 0 Å². The summed E-state index contributed by atoms with van der Waals surface area (Å²) in [5.74, 6) is 0. The van der Waals surface area contributed by atoms with Crippen molar-refractivity contribution >= 4 is 11.7 Å². The Morgan fingerprint density at radius 1 is 1.24 bits per heavy atom. The fourth-order valence-corrected chi connectivity index (χ4v) is 2.14. The van der Waals surface area contributed by atoms with Crippen LogP contribution in [-0.2, 0) is 6.42 Å². The molecule has 4 heteroatoms. The second kappa shape index (κ2) is 9.82. The standard InChI is InChI=1S/C17H25N3O/c1-3-4-5-6-7-14(2)19-17(21)20-16-10-8-15(9-11-16)12-13-18/h8-11,14H,3-7,12H2,1-2H3,(H2,19,20,21). The van der Waals surface area contributed by atoms with Crippen molar-refractivity contribution in [2.24, 2.45) is 0 Å². The molecule has 0 aliphatic heterocycles. The highest BCUT2D eigenvalue weighted by Crippen LogP contribution is 2.10.